The molecule has 0 bridgehead atoms. The summed E-state index contributed by atoms with van der Waals surface area (Å²) < 4.78 is 0. The Bertz CT molecular complexity index is 433. The highest BCUT2D eigenvalue weighted by molar-refractivity contribution is 5.27. The molecule has 1 saturated carbocycles. The first-order valence-corrected chi connectivity index (χ1v) is 8.11. The van der Waals surface area contributed by atoms with E-state index in [-0.39, 0.29) is 0 Å². The first-order chi connectivity index (χ1) is 9.36. The van der Waals surface area contributed by atoms with Gasteiger partial charge in [-0.05, 0) is 73.4 Å². The maximum Gasteiger partial charge on any atom is -0.00173 e. The molecule has 1 nitrogen and oxygen atoms in total. The highest BCUT2D eigenvalue weighted by Crippen LogP contribution is 2.46. The van der Waals surface area contributed by atoms with Crippen molar-refractivity contribution >= 4 is 0 Å². The van der Waals surface area contributed by atoms with Crippen LogP contribution in [0.3, 0.4) is 0 Å². The largest absolute Gasteiger partial charge is 0.330 e. The summed E-state index contributed by atoms with van der Waals surface area (Å²) in [6.07, 6.45) is 6.42. The van der Waals surface area contributed by atoms with Crippen molar-refractivity contribution in [2.45, 2.75) is 59.8 Å². The lowest BCUT2D eigenvalue weighted by Gasteiger charge is -2.44. The Morgan fingerprint density at radius 2 is 1.75 bits per heavy atom. The standard InChI is InChI=1S/C19H31N/c1-15-7-5-6-8-16(15)13-19(14-20)11-9-17(10-12-19)18(2,3)4/h5-8,17H,9-14,20H2,1-4H3. The van der Waals surface area contributed by atoms with Gasteiger partial charge in [0.2, 0.25) is 0 Å². The number of benzene rings is 1. The van der Waals surface area contributed by atoms with Crippen LogP contribution in [0.2, 0.25) is 0 Å². The average Bonchev–Trinajstić information content (AvgIpc) is 2.41. The summed E-state index contributed by atoms with van der Waals surface area (Å²) in [5.74, 6) is 0.860. The third-order valence-electron chi connectivity index (χ3n) is 5.53. The third-order valence-corrected chi connectivity index (χ3v) is 5.53. The SMILES string of the molecule is Cc1ccccc1CC1(CN)CCC(C(C)(C)C)CC1. The quantitative estimate of drug-likeness (QED) is 0.847. The molecule has 1 aliphatic rings. The zero-order valence-corrected chi connectivity index (χ0v) is 13.7. The molecule has 0 saturated heterocycles. The van der Waals surface area contributed by atoms with Crippen LogP contribution in [0.4, 0.5) is 0 Å². The lowest BCUT2D eigenvalue weighted by atomic mass is 9.62. The fraction of sp³-hybridized carbons (Fsp3) is 0.684. The van der Waals surface area contributed by atoms with E-state index in [9.17, 15) is 0 Å². The van der Waals surface area contributed by atoms with Crippen LogP contribution < -0.4 is 5.73 Å². The molecule has 0 aliphatic heterocycles. The zero-order valence-electron chi connectivity index (χ0n) is 13.7. The van der Waals surface area contributed by atoms with E-state index >= 15 is 0 Å². The molecule has 1 aromatic carbocycles. The number of nitrogens with two attached hydrogens (primary N) is 1. The highest BCUT2D eigenvalue weighted by Gasteiger charge is 2.38. The molecule has 0 atom stereocenters. The Morgan fingerprint density at radius 3 is 2.25 bits per heavy atom. The molecule has 1 heteroatoms. The van der Waals surface area contributed by atoms with Gasteiger partial charge in [0.25, 0.3) is 0 Å². The van der Waals surface area contributed by atoms with E-state index in [1.165, 1.54) is 36.8 Å². The summed E-state index contributed by atoms with van der Waals surface area (Å²) >= 11 is 0. The van der Waals surface area contributed by atoms with E-state index in [0.29, 0.717) is 10.8 Å². The van der Waals surface area contributed by atoms with Crippen molar-refractivity contribution in [3.8, 4) is 0 Å². The van der Waals surface area contributed by atoms with Crippen molar-refractivity contribution in [1.82, 2.24) is 0 Å². The van der Waals surface area contributed by atoms with Crippen molar-refractivity contribution in [2.75, 3.05) is 6.54 Å². The summed E-state index contributed by atoms with van der Waals surface area (Å²) in [4.78, 5) is 0. The third kappa shape index (κ3) is 3.44. The fourth-order valence-electron chi connectivity index (χ4n) is 3.76. The summed E-state index contributed by atoms with van der Waals surface area (Å²) in [5, 5.41) is 0. The van der Waals surface area contributed by atoms with E-state index in [1.54, 1.807) is 0 Å². The van der Waals surface area contributed by atoms with Crippen LogP contribution >= 0.6 is 0 Å². The Balaban J connectivity index is 2.08. The minimum atomic E-state index is 0.341. The molecule has 0 spiro atoms. The van der Waals surface area contributed by atoms with Gasteiger partial charge < -0.3 is 5.73 Å². The van der Waals surface area contributed by atoms with Gasteiger partial charge in [0, 0.05) is 0 Å². The van der Waals surface area contributed by atoms with Crippen molar-refractivity contribution in [1.29, 1.82) is 0 Å². The first kappa shape index (κ1) is 15.6. The van der Waals surface area contributed by atoms with E-state index in [0.717, 1.165) is 18.9 Å². The summed E-state index contributed by atoms with van der Waals surface area (Å²) in [6.45, 7) is 10.2. The second-order valence-corrected chi connectivity index (χ2v) is 7.95. The normalized spacial score (nSPS) is 27.6. The fourth-order valence-corrected chi connectivity index (χ4v) is 3.76. The van der Waals surface area contributed by atoms with Gasteiger partial charge in [0.15, 0.2) is 0 Å². The molecule has 20 heavy (non-hydrogen) atoms. The molecule has 1 aliphatic carbocycles. The highest BCUT2D eigenvalue weighted by atomic mass is 14.6. The molecule has 1 fully saturated rings. The molecule has 0 radical (unpaired) electrons. The number of hydrogen-bond acceptors (Lipinski definition) is 1. The summed E-state index contributed by atoms with van der Waals surface area (Å²) in [5.41, 5.74) is 9.89. The second-order valence-electron chi connectivity index (χ2n) is 7.95. The first-order valence-electron chi connectivity index (χ1n) is 8.11. The Hall–Kier alpha value is -0.820. The minimum absolute atomic E-state index is 0.341. The number of aryl methyl sites for hydroxylation is 1. The number of hydrogen-bond donors (Lipinski definition) is 1. The van der Waals surface area contributed by atoms with E-state index < -0.39 is 0 Å². The van der Waals surface area contributed by atoms with Crippen LogP contribution in [-0.2, 0) is 6.42 Å². The van der Waals surface area contributed by atoms with E-state index in [4.69, 9.17) is 5.73 Å². The van der Waals surface area contributed by atoms with Crippen LogP contribution in [0.15, 0.2) is 24.3 Å². The van der Waals surface area contributed by atoms with Crippen molar-refractivity contribution in [3.05, 3.63) is 35.4 Å². The van der Waals surface area contributed by atoms with Gasteiger partial charge >= 0.3 is 0 Å². The second kappa shape index (κ2) is 5.89. The lowest BCUT2D eigenvalue weighted by molar-refractivity contribution is 0.0925. The topological polar surface area (TPSA) is 26.0 Å². The molecular weight excluding hydrogens is 242 g/mol. The van der Waals surface area contributed by atoms with E-state index in [2.05, 4.69) is 52.0 Å². The van der Waals surface area contributed by atoms with Crippen molar-refractivity contribution in [3.63, 3.8) is 0 Å². The molecule has 1 aromatic rings. The molecular formula is C19H31N. The molecule has 2 N–H and O–H groups in total. The maximum absolute atomic E-state index is 6.19. The van der Waals surface area contributed by atoms with Crippen molar-refractivity contribution < 1.29 is 0 Å². The van der Waals surface area contributed by atoms with Crippen LogP contribution in [0.5, 0.6) is 0 Å². The van der Waals surface area contributed by atoms with E-state index in [1.807, 2.05) is 0 Å². The predicted octanol–water partition coefficient (Wildman–Crippen LogP) is 4.72. The van der Waals surface area contributed by atoms with Gasteiger partial charge in [0.05, 0.1) is 0 Å². The van der Waals surface area contributed by atoms with Crippen LogP contribution in [0.1, 0.15) is 57.6 Å². The minimum Gasteiger partial charge on any atom is -0.330 e. The van der Waals surface area contributed by atoms with Gasteiger partial charge in [-0.3, -0.25) is 0 Å². The van der Waals surface area contributed by atoms with Crippen LogP contribution in [0.25, 0.3) is 0 Å². The Kier molecular flexibility index (Phi) is 4.59. The molecule has 0 amide bonds. The summed E-state index contributed by atoms with van der Waals surface area (Å²) in [6, 6.07) is 8.79. The monoisotopic (exact) mass is 273 g/mol. The van der Waals surface area contributed by atoms with Crippen molar-refractivity contribution in [2.24, 2.45) is 22.5 Å². The molecule has 0 heterocycles. The van der Waals surface area contributed by atoms with Crippen LogP contribution in [0, 0.1) is 23.7 Å². The predicted molar refractivity (Wildman–Crippen MR) is 87.8 cm³/mol. The smallest absolute Gasteiger partial charge is 0.00173 e. The van der Waals surface area contributed by atoms with Gasteiger partial charge in [-0.15, -0.1) is 0 Å². The molecule has 112 valence electrons. The Morgan fingerprint density at radius 1 is 1.15 bits per heavy atom. The van der Waals surface area contributed by atoms with Gasteiger partial charge in [-0.2, -0.15) is 0 Å². The number of rotatable bonds is 3. The summed E-state index contributed by atoms with van der Waals surface area (Å²) in [7, 11) is 0. The average molecular weight is 273 g/mol. The maximum atomic E-state index is 6.19. The Labute approximate surface area is 125 Å². The van der Waals surface area contributed by atoms with Gasteiger partial charge in [-0.1, -0.05) is 45.0 Å². The molecule has 2 rings (SSSR count). The lowest BCUT2D eigenvalue weighted by Crippen LogP contribution is -2.39. The molecule has 0 unspecified atom stereocenters. The van der Waals surface area contributed by atoms with Crippen LogP contribution in [-0.4, -0.2) is 6.54 Å². The molecule has 0 aromatic heterocycles. The van der Waals surface area contributed by atoms with Gasteiger partial charge in [-0.25, -0.2) is 0 Å². The zero-order chi connectivity index (χ0) is 14.8. The van der Waals surface area contributed by atoms with Gasteiger partial charge in [0.1, 0.15) is 0 Å².